The second kappa shape index (κ2) is 3.29. The van der Waals surface area contributed by atoms with Crippen molar-refractivity contribution in [3.05, 3.63) is 21.9 Å². The Kier molecular flexibility index (Phi) is 2.72. The van der Waals surface area contributed by atoms with Crippen molar-refractivity contribution in [2.75, 3.05) is 0 Å². The molecule has 0 spiro atoms. The van der Waals surface area contributed by atoms with Crippen molar-refractivity contribution in [1.29, 1.82) is 0 Å². The average Bonchev–Trinajstić information content (AvgIpc) is 1.83. The second-order valence-electron chi connectivity index (χ2n) is 1.97. The van der Waals surface area contributed by atoms with E-state index in [1.54, 1.807) is 0 Å². The summed E-state index contributed by atoms with van der Waals surface area (Å²) in [6.45, 7) is 0. The van der Waals surface area contributed by atoms with Gasteiger partial charge in [0.1, 0.15) is 14.7 Å². The van der Waals surface area contributed by atoms with Gasteiger partial charge >= 0.3 is 0 Å². The molecule has 66 valence electrons. The van der Waals surface area contributed by atoms with E-state index in [0.717, 1.165) is 0 Å². The van der Waals surface area contributed by atoms with Crippen LogP contribution in [0.1, 0.15) is 0 Å². The molecule has 0 aromatic carbocycles. The van der Waals surface area contributed by atoms with Crippen molar-refractivity contribution in [2.24, 2.45) is 5.14 Å². The van der Waals surface area contributed by atoms with Gasteiger partial charge in [0, 0.05) is 0 Å². The zero-order valence-electron chi connectivity index (χ0n) is 5.66. The lowest BCUT2D eigenvalue weighted by atomic mass is 10.5. The molecule has 0 radical (unpaired) electrons. The van der Waals surface area contributed by atoms with Gasteiger partial charge in [-0.25, -0.2) is 18.5 Å². The van der Waals surface area contributed by atoms with Crippen LogP contribution in [0.4, 0.5) is 0 Å². The Morgan fingerprint density at radius 2 is 2.08 bits per heavy atom. The summed E-state index contributed by atoms with van der Waals surface area (Å²) >= 11 is 8.42. The first-order chi connectivity index (χ1) is 5.41. The molecule has 0 aliphatic rings. The Bertz CT molecular complexity index is 406. The van der Waals surface area contributed by atoms with Crippen LogP contribution in [-0.2, 0) is 10.0 Å². The molecule has 4 nitrogen and oxygen atoms in total. The first kappa shape index (κ1) is 9.91. The number of rotatable bonds is 1. The van der Waals surface area contributed by atoms with E-state index < -0.39 is 10.0 Å². The first-order valence-electron chi connectivity index (χ1n) is 2.76. The summed E-state index contributed by atoms with van der Waals surface area (Å²) in [5.41, 5.74) is 0. The minimum Gasteiger partial charge on any atom is -0.228 e. The monoisotopic (exact) mass is 270 g/mol. The number of aromatic nitrogens is 1. The van der Waals surface area contributed by atoms with Crippen molar-refractivity contribution in [3.8, 4) is 0 Å². The summed E-state index contributed by atoms with van der Waals surface area (Å²) in [6, 6.07) is 2.64. The maximum Gasteiger partial charge on any atom is 0.240 e. The third-order valence-corrected chi connectivity index (χ3v) is 3.11. The van der Waals surface area contributed by atoms with Gasteiger partial charge in [0.05, 0.1) is 0 Å². The van der Waals surface area contributed by atoms with E-state index in [2.05, 4.69) is 20.9 Å². The molecule has 0 saturated carbocycles. The highest BCUT2D eigenvalue weighted by Gasteiger charge is 2.13. The molecule has 12 heavy (non-hydrogen) atoms. The van der Waals surface area contributed by atoms with Gasteiger partial charge in [-0.2, -0.15) is 0 Å². The number of nitrogens with zero attached hydrogens (tertiary/aromatic N) is 1. The van der Waals surface area contributed by atoms with Crippen LogP contribution in [-0.4, -0.2) is 13.4 Å². The van der Waals surface area contributed by atoms with E-state index in [9.17, 15) is 8.42 Å². The second-order valence-corrected chi connectivity index (χ2v) is 4.64. The molecule has 2 N–H and O–H groups in total. The highest BCUT2D eigenvalue weighted by Crippen LogP contribution is 2.20. The minimum atomic E-state index is -3.72. The molecule has 0 aliphatic carbocycles. The lowest BCUT2D eigenvalue weighted by Gasteiger charge is -1.99. The van der Waals surface area contributed by atoms with E-state index >= 15 is 0 Å². The van der Waals surface area contributed by atoms with Crippen LogP contribution < -0.4 is 5.14 Å². The Morgan fingerprint density at radius 1 is 1.50 bits per heavy atom. The van der Waals surface area contributed by atoms with Gasteiger partial charge in [0.2, 0.25) is 10.0 Å². The summed E-state index contributed by atoms with van der Waals surface area (Å²) in [7, 11) is -3.72. The standard InChI is InChI=1S/C5H4BrClN2O2S/c6-5-3(12(8,10)11)1-2-4(7)9-5/h1-2H,(H2,8,10,11). The number of pyridine rings is 1. The Morgan fingerprint density at radius 3 is 2.50 bits per heavy atom. The van der Waals surface area contributed by atoms with Crippen LogP contribution in [0, 0.1) is 0 Å². The number of primary sulfonamides is 1. The predicted molar refractivity (Wildman–Crippen MR) is 48.3 cm³/mol. The molecule has 0 bridgehead atoms. The highest BCUT2D eigenvalue weighted by atomic mass is 79.9. The SMILES string of the molecule is NS(=O)(=O)c1ccc(Cl)nc1Br. The smallest absolute Gasteiger partial charge is 0.228 e. The lowest BCUT2D eigenvalue weighted by molar-refractivity contribution is 0.597. The van der Waals surface area contributed by atoms with E-state index in [0.29, 0.717) is 0 Å². The molecular formula is C5H4BrClN2O2S. The van der Waals surface area contributed by atoms with Gasteiger partial charge in [-0.05, 0) is 28.1 Å². The molecule has 1 heterocycles. The number of halogens is 2. The molecule has 0 saturated heterocycles. The Labute approximate surface area is 82.9 Å². The van der Waals surface area contributed by atoms with Crippen molar-refractivity contribution in [1.82, 2.24) is 4.98 Å². The van der Waals surface area contributed by atoms with Crippen molar-refractivity contribution < 1.29 is 8.42 Å². The first-order valence-corrected chi connectivity index (χ1v) is 5.48. The summed E-state index contributed by atoms with van der Waals surface area (Å²) in [4.78, 5) is 3.59. The fourth-order valence-electron chi connectivity index (χ4n) is 0.612. The van der Waals surface area contributed by atoms with Crippen LogP contribution in [0.2, 0.25) is 5.15 Å². The topological polar surface area (TPSA) is 73.1 Å². The molecule has 0 amide bonds. The van der Waals surface area contributed by atoms with Crippen molar-refractivity contribution in [2.45, 2.75) is 4.90 Å². The summed E-state index contributed by atoms with van der Waals surface area (Å²) in [5, 5.41) is 5.07. The molecular weight excluding hydrogens is 267 g/mol. The number of hydrogen-bond acceptors (Lipinski definition) is 3. The van der Waals surface area contributed by atoms with E-state index in [-0.39, 0.29) is 14.7 Å². The van der Waals surface area contributed by atoms with Crippen molar-refractivity contribution >= 4 is 37.6 Å². The fourth-order valence-corrected chi connectivity index (χ4v) is 2.40. The van der Waals surface area contributed by atoms with Gasteiger partial charge < -0.3 is 0 Å². The van der Waals surface area contributed by atoms with Gasteiger partial charge in [-0.3, -0.25) is 0 Å². The summed E-state index contributed by atoms with van der Waals surface area (Å²) in [5.74, 6) is 0. The lowest BCUT2D eigenvalue weighted by Crippen LogP contribution is -2.13. The van der Waals surface area contributed by atoms with E-state index in [4.69, 9.17) is 16.7 Å². The molecule has 1 rings (SSSR count). The molecule has 7 heteroatoms. The maximum absolute atomic E-state index is 10.8. The zero-order chi connectivity index (χ0) is 9.35. The molecule has 1 aromatic heterocycles. The molecule has 1 aromatic rings. The molecule has 0 unspecified atom stereocenters. The quantitative estimate of drug-likeness (QED) is 0.779. The van der Waals surface area contributed by atoms with Gasteiger partial charge in [-0.1, -0.05) is 11.6 Å². The van der Waals surface area contributed by atoms with Crippen LogP contribution >= 0.6 is 27.5 Å². The van der Waals surface area contributed by atoms with Crippen molar-refractivity contribution in [3.63, 3.8) is 0 Å². The van der Waals surface area contributed by atoms with Gasteiger partial charge in [0.15, 0.2) is 0 Å². The molecule has 0 atom stereocenters. The third kappa shape index (κ3) is 2.16. The number of hydrogen-bond donors (Lipinski definition) is 1. The van der Waals surface area contributed by atoms with Gasteiger partial charge in [-0.15, -0.1) is 0 Å². The normalized spacial score (nSPS) is 11.6. The predicted octanol–water partition coefficient (Wildman–Crippen LogP) is 1.14. The summed E-state index contributed by atoms with van der Waals surface area (Å²) < 4.78 is 21.8. The Hall–Kier alpha value is -0.170. The average molecular weight is 272 g/mol. The number of nitrogens with two attached hydrogens (primary N) is 1. The largest absolute Gasteiger partial charge is 0.240 e. The van der Waals surface area contributed by atoms with Gasteiger partial charge in [0.25, 0.3) is 0 Å². The zero-order valence-corrected chi connectivity index (χ0v) is 8.82. The Balaban J connectivity index is 3.39. The molecule has 0 fully saturated rings. The van der Waals surface area contributed by atoms with Crippen LogP contribution in [0.15, 0.2) is 21.6 Å². The molecule has 0 aliphatic heterocycles. The highest BCUT2D eigenvalue weighted by molar-refractivity contribution is 9.10. The summed E-state index contributed by atoms with van der Waals surface area (Å²) in [6.07, 6.45) is 0. The third-order valence-electron chi connectivity index (χ3n) is 1.09. The minimum absolute atomic E-state index is 0.0769. The van der Waals surface area contributed by atoms with E-state index in [1.165, 1.54) is 12.1 Å². The fraction of sp³-hybridized carbons (Fsp3) is 0. The van der Waals surface area contributed by atoms with Crippen LogP contribution in [0.5, 0.6) is 0 Å². The van der Waals surface area contributed by atoms with Crippen LogP contribution in [0.25, 0.3) is 0 Å². The number of sulfonamides is 1. The van der Waals surface area contributed by atoms with Crippen LogP contribution in [0.3, 0.4) is 0 Å². The maximum atomic E-state index is 10.8. The van der Waals surface area contributed by atoms with E-state index in [1.807, 2.05) is 0 Å².